The molecule has 0 amide bonds. The van der Waals surface area contributed by atoms with Gasteiger partial charge in [-0.1, -0.05) is 20.3 Å². The summed E-state index contributed by atoms with van der Waals surface area (Å²) >= 11 is 0. The van der Waals surface area contributed by atoms with Gasteiger partial charge in [0.1, 0.15) is 0 Å². The van der Waals surface area contributed by atoms with Crippen LogP contribution >= 0.6 is 0 Å². The van der Waals surface area contributed by atoms with E-state index in [0.717, 1.165) is 24.6 Å². The molecule has 3 N–H and O–H groups in total. The van der Waals surface area contributed by atoms with Gasteiger partial charge in [-0.25, -0.2) is 4.39 Å². The number of hydrogen-bond donors (Lipinski definition) is 2. The van der Waals surface area contributed by atoms with Gasteiger partial charge in [0.15, 0.2) is 11.6 Å². The first kappa shape index (κ1) is 14.9. The van der Waals surface area contributed by atoms with Crippen LogP contribution in [0.2, 0.25) is 0 Å². The molecular weight excluding hydrogens is 255 g/mol. The normalized spacial score (nSPS) is 21.9. The molecule has 0 radical (unpaired) electrons. The van der Waals surface area contributed by atoms with Gasteiger partial charge in [0.2, 0.25) is 0 Å². The number of nitrogens with one attached hydrogen (secondary N) is 1. The zero-order valence-corrected chi connectivity index (χ0v) is 12.4. The Bertz CT molecular complexity index is 450. The molecule has 0 saturated heterocycles. The van der Waals surface area contributed by atoms with Gasteiger partial charge in [0, 0.05) is 18.7 Å². The van der Waals surface area contributed by atoms with Crippen LogP contribution in [0.15, 0.2) is 12.1 Å². The topological polar surface area (TPSA) is 47.3 Å². The second-order valence-corrected chi connectivity index (χ2v) is 5.88. The highest BCUT2D eigenvalue weighted by atomic mass is 19.1. The molecule has 0 spiro atoms. The standard InChI is InChI=1S/C16H25FN2O/c1-3-6-20-16-9-15(14(18)8-13(16)17)19-10-12-5-4-11(2)7-12/h8-9,11-12,19H,3-7,10,18H2,1-2H3. The molecule has 1 fully saturated rings. The zero-order valence-electron chi connectivity index (χ0n) is 12.4. The van der Waals surface area contributed by atoms with Gasteiger partial charge in [0.05, 0.1) is 18.0 Å². The van der Waals surface area contributed by atoms with Crippen molar-refractivity contribution in [3.8, 4) is 5.75 Å². The Balaban J connectivity index is 1.99. The van der Waals surface area contributed by atoms with Crippen molar-refractivity contribution < 1.29 is 9.13 Å². The summed E-state index contributed by atoms with van der Waals surface area (Å²) in [7, 11) is 0. The minimum absolute atomic E-state index is 0.281. The molecule has 1 aromatic rings. The molecule has 0 aromatic heterocycles. The molecule has 2 atom stereocenters. The summed E-state index contributed by atoms with van der Waals surface area (Å²) in [6.07, 6.45) is 4.67. The average molecular weight is 280 g/mol. The predicted octanol–water partition coefficient (Wildman–Crippen LogP) is 4.04. The smallest absolute Gasteiger partial charge is 0.167 e. The first-order valence-corrected chi connectivity index (χ1v) is 7.55. The second kappa shape index (κ2) is 6.82. The summed E-state index contributed by atoms with van der Waals surface area (Å²) in [5.41, 5.74) is 7.09. The number of nitrogens with two attached hydrogens (primary N) is 1. The van der Waals surface area contributed by atoms with E-state index in [9.17, 15) is 4.39 Å². The van der Waals surface area contributed by atoms with E-state index < -0.39 is 5.82 Å². The third-order valence-electron chi connectivity index (χ3n) is 3.95. The van der Waals surface area contributed by atoms with Crippen LogP contribution in [0.5, 0.6) is 5.75 Å². The zero-order chi connectivity index (χ0) is 14.5. The van der Waals surface area contributed by atoms with Crippen molar-refractivity contribution in [2.75, 3.05) is 24.2 Å². The van der Waals surface area contributed by atoms with E-state index in [-0.39, 0.29) is 5.75 Å². The van der Waals surface area contributed by atoms with E-state index in [4.69, 9.17) is 10.5 Å². The van der Waals surface area contributed by atoms with Crippen molar-refractivity contribution in [3.63, 3.8) is 0 Å². The molecule has 3 nitrogen and oxygen atoms in total. The molecule has 0 heterocycles. The van der Waals surface area contributed by atoms with E-state index in [2.05, 4.69) is 12.2 Å². The summed E-state index contributed by atoms with van der Waals surface area (Å²) in [5.74, 6) is 1.39. The fourth-order valence-corrected chi connectivity index (χ4v) is 2.81. The Kier molecular flexibility index (Phi) is 5.10. The Morgan fingerprint density at radius 1 is 1.40 bits per heavy atom. The SMILES string of the molecule is CCCOc1cc(NCC2CCC(C)C2)c(N)cc1F. The lowest BCUT2D eigenvalue weighted by Gasteiger charge is -2.16. The van der Waals surface area contributed by atoms with Crippen LogP contribution in [0.4, 0.5) is 15.8 Å². The predicted molar refractivity (Wildman–Crippen MR) is 81.6 cm³/mol. The third kappa shape index (κ3) is 3.78. The highest BCUT2D eigenvalue weighted by molar-refractivity contribution is 5.68. The van der Waals surface area contributed by atoms with Gasteiger partial charge in [-0.2, -0.15) is 0 Å². The Labute approximate surface area is 120 Å². The maximum absolute atomic E-state index is 13.7. The lowest BCUT2D eigenvalue weighted by molar-refractivity contribution is 0.301. The number of nitrogen functional groups attached to an aromatic ring is 1. The molecule has 2 rings (SSSR count). The van der Waals surface area contributed by atoms with E-state index >= 15 is 0 Å². The van der Waals surface area contributed by atoms with Crippen LogP contribution in [-0.2, 0) is 0 Å². The number of anilines is 2. The number of hydrogen-bond acceptors (Lipinski definition) is 3. The Morgan fingerprint density at radius 3 is 2.85 bits per heavy atom. The van der Waals surface area contributed by atoms with Crippen molar-refractivity contribution in [3.05, 3.63) is 17.9 Å². The van der Waals surface area contributed by atoms with Crippen LogP contribution < -0.4 is 15.8 Å². The van der Waals surface area contributed by atoms with Gasteiger partial charge >= 0.3 is 0 Å². The minimum atomic E-state index is -0.393. The highest BCUT2D eigenvalue weighted by Gasteiger charge is 2.21. The van der Waals surface area contributed by atoms with E-state index in [1.54, 1.807) is 6.07 Å². The molecule has 1 aromatic carbocycles. The first-order valence-electron chi connectivity index (χ1n) is 7.55. The lowest BCUT2D eigenvalue weighted by atomic mass is 10.1. The van der Waals surface area contributed by atoms with Crippen LogP contribution in [0, 0.1) is 17.7 Å². The quantitative estimate of drug-likeness (QED) is 0.773. The number of halogens is 1. The monoisotopic (exact) mass is 280 g/mol. The molecule has 1 aliphatic carbocycles. The van der Waals surface area contributed by atoms with Gasteiger partial charge in [-0.05, 0) is 31.1 Å². The van der Waals surface area contributed by atoms with Crippen LogP contribution in [0.3, 0.4) is 0 Å². The van der Waals surface area contributed by atoms with E-state index in [1.165, 1.54) is 25.3 Å². The number of ether oxygens (including phenoxy) is 1. The lowest BCUT2D eigenvalue weighted by Crippen LogP contribution is -2.13. The second-order valence-electron chi connectivity index (χ2n) is 5.88. The molecule has 1 aliphatic rings. The Morgan fingerprint density at radius 2 is 2.20 bits per heavy atom. The van der Waals surface area contributed by atoms with Gasteiger partial charge < -0.3 is 15.8 Å². The van der Waals surface area contributed by atoms with Crippen molar-refractivity contribution in [2.24, 2.45) is 11.8 Å². The molecule has 2 unspecified atom stereocenters. The minimum Gasteiger partial charge on any atom is -0.490 e. The molecule has 1 saturated carbocycles. The molecule has 112 valence electrons. The van der Waals surface area contributed by atoms with E-state index in [0.29, 0.717) is 18.2 Å². The van der Waals surface area contributed by atoms with Gasteiger partial charge in [-0.3, -0.25) is 0 Å². The van der Waals surface area contributed by atoms with Crippen LogP contribution in [0.25, 0.3) is 0 Å². The van der Waals surface area contributed by atoms with Crippen molar-refractivity contribution in [2.45, 2.75) is 39.5 Å². The molecular formula is C16H25FN2O. The van der Waals surface area contributed by atoms with Crippen molar-refractivity contribution in [1.29, 1.82) is 0 Å². The van der Waals surface area contributed by atoms with Crippen molar-refractivity contribution >= 4 is 11.4 Å². The number of rotatable bonds is 6. The van der Waals surface area contributed by atoms with Gasteiger partial charge in [0.25, 0.3) is 0 Å². The van der Waals surface area contributed by atoms with E-state index in [1.807, 2.05) is 6.92 Å². The molecule has 0 aliphatic heterocycles. The van der Waals surface area contributed by atoms with Crippen LogP contribution in [0.1, 0.15) is 39.5 Å². The largest absolute Gasteiger partial charge is 0.490 e. The summed E-state index contributed by atoms with van der Waals surface area (Å²) < 4.78 is 19.1. The first-order chi connectivity index (χ1) is 9.60. The summed E-state index contributed by atoms with van der Waals surface area (Å²) in [4.78, 5) is 0. The summed E-state index contributed by atoms with van der Waals surface area (Å²) in [6.45, 7) is 5.70. The van der Waals surface area contributed by atoms with Crippen molar-refractivity contribution in [1.82, 2.24) is 0 Å². The summed E-state index contributed by atoms with van der Waals surface area (Å²) in [6, 6.07) is 3.02. The maximum Gasteiger partial charge on any atom is 0.167 e. The van der Waals surface area contributed by atoms with Gasteiger partial charge in [-0.15, -0.1) is 0 Å². The highest BCUT2D eigenvalue weighted by Crippen LogP contribution is 2.32. The summed E-state index contributed by atoms with van der Waals surface area (Å²) in [5, 5.41) is 3.35. The fourth-order valence-electron chi connectivity index (χ4n) is 2.81. The average Bonchev–Trinajstić information content (AvgIpc) is 2.82. The van der Waals surface area contributed by atoms with Crippen LogP contribution in [-0.4, -0.2) is 13.2 Å². The Hall–Kier alpha value is -1.45. The fraction of sp³-hybridized carbons (Fsp3) is 0.625. The maximum atomic E-state index is 13.7. The molecule has 20 heavy (non-hydrogen) atoms. The molecule has 0 bridgehead atoms. The third-order valence-corrected chi connectivity index (χ3v) is 3.95. The molecule has 4 heteroatoms. The number of benzene rings is 1.